The molecule has 0 aromatic heterocycles. The molecule has 32 heavy (non-hydrogen) atoms. The van der Waals surface area contributed by atoms with Crippen molar-refractivity contribution in [1.29, 1.82) is 0 Å². The summed E-state index contributed by atoms with van der Waals surface area (Å²) >= 11 is 0. The highest BCUT2D eigenvalue weighted by Gasteiger charge is 2.19. The van der Waals surface area contributed by atoms with E-state index in [-0.39, 0.29) is 0 Å². The van der Waals surface area contributed by atoms with Crippen LogP contribution in [0.4, 0.5) is 0 Å². The topological polar surface area (TPSA) is 18.5 Å². The van der Waals surface area contributed by atoms with Gasteiger partial charge in [-0.3, -0.25) is 0 Å². The molecule has 3 atom stereocenters. The summed E-state index contributed by atoms with van der Waals surface area (Å²) in [5.41, 5.74) is 1.37. The highest BCUT2D eigenvalue weighted by molar-refractivity contribution is 6.11. The number of hydrogen-bond donors (Lipinski definition) is 0. The van der Waals surface area contributed by atoms with Gasteiger partial charge in [0.1, 0.15) is 11.5 Å². The Balaban J connectivity index is 2.16. The van der Waals surface area contributed by atoms with Gasteiger partial charge in [0, 0.05) is 21.5 Å². The average Bonchev–Trinajstić information content (AvgIpc) is 2.80. The van der Waals surface area contributed by atoms with Crippen LogP contribution in [0.3, 0.4) is 0 Å². The molecule has 3 aromatic carbocycles. The van der Waals surface area contributed by atoms with Crippen LogP contribution in [0.5, 0.6) is 11.5 Å². The molecule has 3 unspecified atom stereocenters. The van der Waals surface area contributed by atoms with Crippen LogP contribution in [0, 0.1) is 11.8 Å². The highest BCUT2D eigenvalue weighted by Crippen LogP contribution is 2.44. The number of rotatable bonds is 12. The first-order valence-electron chi connectivity index (χ1n) is 12.7. The molecule has 0 amide bonds. The lowest BCUT2D eigenvalue weighted by molar-refractivity contribution is 0.253. The number of fused-ring (bicyclic) bond motifs is 2. The molecule has 0 fully saturated rings. The van der Waals surface area contributed by atoms with Crippen LogP contribution >= 0.6 is 0 Å². The quantitative estimate of drug-likeness (QED) is 0.265. The summed E-state index contributed by atoms with van der Waals surface area (Å²) in [7, 11) is 0. The molecule has 2 nitrogen and oxygen atoms in total. The lowest BCUT2D eigenvalue weighted by atomic mass is 9.93. The van der Waals surface area contributed by atoms with Gasteiger partial charge in [0.15, 0.2) is 0 Å². The molecule has 174 valence electrons. The molecule has 2 heteroatoms. The van der Waals surface area contributed by atoms with Crippen LogP contribution in [0.1, 0.15) is 85.1 Å². The van der Waals surface area contributed by atoms with Gasteiger partial charge in [-0.05, 0) is 48.6 Å². The largest absolute Gasteiger partial charge is 0.492 e. The van der Waals surface area contributed by atoms with Crippen molar-refractivity contribution < 1.29 is 9.47 Å². The minimum Gasteiger partial charge on any atom is -0.492 e. The van der Waals surface area contributed by atoms with Crippen molar-refractivity contribution in [2.24, 2.45) is 11.8 Å². The predicted molar refractivity (Wildman–Crippen MR) is 139 cm³/mol. The first-order valence-corrected chi connectivity index (χ1v) is 12.7. The standard InChI is InChI=1S/C30H42O2/c1-7-12-21(4)19-31-29-25-14-10-11-15-26(25)30(32-20-22(5)13-8-2)28-18-24(23(6)9-3)16-17-27(28)29/h10-11,14-18,21-23H,7-9,12-13,19-20H2,1-6H3. The Morgan fingerprint density at radius 3 is 1.66 bits per heavy atom. The summed E-state index contributed by atoms with van der Waals surface area (Å²) in [4.78, 5) is 0. The zero-order chi connectivity index (χ0) is 23.1. The van der Waals surface area contributed by atoms with E-state index < -0.39 is 0 Å². The van der Waals surface area contributed by atoms with Gasteiger partial charge in [0.05, 0.1) is 13.2 Å². The van der Waals surface area contributed by atoms with E-state index in [4.69, 9.17) is 9.47 Å². The SMILES string of the molecule is CCCC(C)COc1c2ccccc2c(OCC(C)CCC)c2cc(C(C)CC)ccc12. The van der Waals surface area contributed by atoms with Crippen LogP contribution < -0.4 is 9.47 Å². The Bertz CT molecular complexity index is 1010. The van der Waals surface area contributed by atoms with Crippen LogP contribution in [-0.4, -0.2) is 13.2 Å². The molecule has 0 saturated carbocycles. The number of ether oxygens (including phenoxy) is 2. The van der Waals surface area contributed by atoms with Crippen LogP contribution in [0.2, 0.25) is 0 Å². The van der Waals surface area contributed by atoms with Crippen molar-refractivity contribution in [3.63, 3.8) is 0 Å². The van der Waals surface area contributed by atoms with Crippen LogP contribution in [0.15, 0.2) is 42.5 Å². The normalized spacial score (nSPS) is 14.4. The fraction of sp³-hybridized carbons (Fsp3) is 0.533. The third-order valence-corrected chi connectivity index (χ3v) is 6.72. The van der Waals surface area contributed by atoms with E-state index in [9.17, 15) is 0 Å². The molecule has 0 aliphatic rings. The molecule has 0 aliphatic carbocycles. The van der Waals surface area contributed by atoms with Crippen molar-refractivity contribution in [3.05, 3.63) is 48.0 Å². The average molecular weight is 435 g/mol. The number of benzene rings is 3. The molecule has 0 aliphatic heterocycles. The summed E-state index contributed by atoms with van der Waals surface area (Å²) in [5.74, 6) is 3.61. The summed E-state index contributed by atoms with van der Waals surface area (Å²) in [6.07, 6.45) is 5.87. The minimum atomic E-state index is 0.520. The van der Waals surface area contributed by atoms with E-state index in [1.807, 2.05) is 0 Å². The number of hydrogen-bond acceptors (Lipinski definition) is 2. The third-order valence-electron chi connectivity index (χ3n) is 6.72. The Hall–Kier alpha value is -2.22. The molecular formula is C30H42O2. The molecule has 0 spiro atoms. The molecule has 0 saturated heterocycles. The van der Waals surface area contributed by atoms with E-state index in [0.29, 0.717) is 17.8 Å². The van der Waals surface area contributed by atoms with E-state index >= 15 is 0 Å². The van der Waals surface area contributed by atoms with Gasteiger partial charge >= 0.3 is 0 Å². The molecule has 0 heterocycles. The maximum Gasteiger partial charge on any atom is 0.135 e. The Labute approximate surface area is 195 Å². The first-order chi connectivity index (χ1) is 15.5. The molecular weight excluding hydrogens is 392 g/mol. The van der Waals surface area contributed by atoms with Gasteiger partial charge in [-0.1, -0.05) is 90.8 Å². The zero-order valence-corrected chi connectivity index (χ0v) is 21.0. The van der Waals surface area contributed by atoms with E-state index in [2.05, 4.69) is 84.0 Å². The third kappa shape index (κ3) is 5.57. The highest BCUT2D eigenvalue weighted by atomic mass is 16.5. The lowest BCUT2D eigenvalue weighted by Crippen LogP contribution is -2.10. The fourth-order valence-corrected chi connectivity index (χ4v) is 4.57. The summed E-state index contributed by atoms with van der Waals surface area (Å²) < 4.78 is 13.1. The van der Waals surface area contributed by atoms with E-state index in [0.717, 1.165) is 47.3 Å². The van der Waals surface area contributed by atoms with Crippen molar-refractivity contribution in [2.45, 2.75) is 79.6 Å². The molecule has 0 bridgehead atoms. The second kappa shape index (κ2) is 11.6. The van der Waals surface area contributed by atoms with Gasteiger partial charge in [-0.25, -0.2) is 0 Å². The Morgan fingerprint density at radius 1 is 0.656 bits per heavy atom. The molecule has 0 radical (unpaired) electrons. The Morgan fingerprint density at radius 2 is 1.16 bits per heavy atom. The molecule has 3 aromatic rings. The second-order valence-corrected chi connectivity index (χ2v) is 9.73. The van der Waals surface area contributed by atoms with Crippen molar-refractivity contribution in [3.8, 4) is 11.5 Å². The summed E-state index contributed by atoms with van der Waals surface area (Å²) in [6, 6.07) is 15.5. The van der Waals surface area contributed by atoms with Crippen molar-refractivity contribution in [1.82, 2.24) is 0 Å². The van der Waals surface area contributed by atoms with Gasteiger partial charge in [0.2, 0.25) is 0 Å². The predicted octanol–water partition coefficient (Wildman–Crippen LogP) is 9.14. The monoisotopic (exact) mass is 434 g/mol. The van der Waals surface area contributed by atoms with Crippen LogP contribution in [-0.2, 0) is 0 Å². The second-order valence-electron chi connectivity index (χ2n) is 9.73. The van der Waals surface area contributed by atoms with Crippen LogP contribution in [0.25, 0.3) is 21.5 Å². The minimum absolute atomic E-state index is 0.520. The maximum absolute atomic E-state index is 6.58. The van der Waals surface area contributed by atoms with E-state index in [1.54, 1.807) is 0 Å². The lowest BCUT2D eigenvalue weighted by Gasteiger charge is -2.21. The zero-order valence-electron chi connectivity index (χ0n) is 21.0. The van der Waals surface area contributed by atoms with Crippen molar-refractivity contribution in [2.75, 3.05) is 13.2 Å². The first kappa shape index (κ1) is 24.4. The van der Waals surface area contributed by atoms with Gasteiger partial charge in [0.25, 0.3) is 0 Å². The molecule has 0 N–H and O–H groups in total. The van der Waals surface area contributed by atoms with Gasteiger partial charge < -0.3 is 9.47 Å². The molecule has 3 rings (SSSR count). The summed E-state index contributed by atoms with van der Waals surface area (Å²) in [5, 5.41) is 4.65. The smallest absolute Gasteiger partial charge is 0.135 e. The Kier molecular flexibility index (Phi) is 8.84. The van der Waals surface area contributed by atoms with Gasteiger partial charge in [-0.15, -0.1) is 0 Å². The van der Waals surface area contributed by atoms with Gasteiger partial charge in [-0.2, -0.15) is 0 Å². The summed E-state index contributed by atoms with van der Waals surface area (Å²) in [6.45, 7) is 15.1. The van der Waals surface area contributed by atoms with E-state index in [1.165, 1.54) is 36.6 Å². The maximum atomic E-state index is 6.58. The van der Waals surface area contributed by atoms with Crippen molar-refractivity contribution >= 4 is 21.5 Å². The fourth-order valence-electron chi connectivity index (χ4n) is 4.57.